The van der Waals surface area contributed by atoms with E-state index in [-0.39, 0.29) is 23.9 Å². The average molecular weight is 353 g/mol. The molecule has 25 heavy (non-hydrogen) atoms. The number of nitrogens with one attached hydrogen (secondary N) is 1. The molecule has 0 unspecified atom stereocenters. The summed E-state index contributed by atoms with van der Waals surface area (Å²) in [5.74, 6) is -1.23. The van der Waals surface area contributed by atoms with Gasteiger partial charge in [0.1, 0.15) is 11.6 Å². The third kappa shape index (κ3) is 5.47. The first-order valence-electron chi connectivity index (χ1n) is 9.13. The van der Waals surface area contributed by atoms with Crippen molar-refractivity contribution in [3.05, 3.63) is 35.4 Å². The molecule has 2 atom stereocenters. The van der Waals surface area contributed by atoms with Gasteiger partial charge in [-0.25, -0.2) is 8.78 Å². The van der Waals surface area contributed by atoms with Crippen LogP contribution in [0.2, 0.25) is 0 Å². The summed E-state index contributed by atoms with van der Waals surface area (Å²) in [6.07, 6.45) is 1.22. The standard InChI is InChI=1S/C19H29F2N3O/c1-4-24(5-2)15-9-10-23(12-15)13-19(25)22-14(3)11-16-17(20)7-6-8-18(16)21/h6-8,14-15H,4-5,9-13H2,1-3H3,(H,22,25)/t14-,15+/m1/s1. The van der Waals surface area contributed by atoms with Gasteiger partial charge in [-0.05, 0) is 45.0 Å². The number of hydrogen-bond donors (Lipinski definition) is 1. The molecule has 0 spiro atoms. The van der Waals surface area contributed by atoms with Gasteiger partial charge in [0.25, 0.3) is 0 Å². The van der Waals surface area contributed by atoms with Gasteiger partial charge in [0.05, 0.1) is 6.54 Å². The largest absolute Gasteiger partial charge is 0.352 e. The molecule has 1 heterocycles. The Kier molecular flexibility index (Phi) is 7.32. The number of amides is 1. The Balaban J connectivity index is 1.80. The van der Waals surface area contributed by atoms with Crippen LogP contribution in [0.4, 0.5) is 8.78 Å². The quantitative estimate of drug-likeness (QED) is 0.780. The number of hydrogen-bond acceptors (Lipinski definition) is 3. The van der Waals surface area contributed by atoms with E-state index in [2.05, 4.69) is 29.0 Å². The number of likely N-dealkylation sites (N-methyl/N-ethyl adjacent to an activating group) is 1. The molecule has 1 aromatic rings. The van der Waals surface area contributed by atoms with Gasteiger partial charge < -0.3 is 5.32 Å². The fourth-order valence-electron chi connectivity index (χ4n) is 3.60. The number of halogens is 2. The molecule has 0 radical (unpaired) electrons. The minimum Gasteiger partial charge on any atom is -0.352 e. The predicted octanol–water partition coefficient (Wildman–Crippen LogP) is 2.43. The second kappa shape index (κ2) is 9.25. The second-order valence-corrected chi connectivity index (χ2v) is 6.77. The Morgan fingerprint density at radius 2 is 1.96 bits per heavy atom. The number of likely N-dealkylation sites (tertiary alicyclic amines) is 1. The molecule has 4 nitrogen and oxygen atoms in total. The Hall–Kier alpha value is -1.53. The lowest BCUT2D eigenvalue weighted by Crippen LogP contribution is -2.43. The van der Waals surface area contributed by atoms with Crippen molar-refractivity contribution in [1.82, 2.24) is 15.1 Å². The van der Waals surface area contributed by atoms with Crippen LogP contribution < -0.4 is 5.32 Å². The number of carbonyl (C=O) groups excluding carboxylic acids is 1. The maximum atomic E-state index is 13.7. The molecule has 0 aromatic heterocycles. The monoisotopic (exact) mass is 353 g/mol. The van der Waals surface area contributed by atoms with Crippen LogP contribution in [-0.4, -0.2) is 60.5 Å². The second-order valence-electron chi connectivity index (χ2n) is 6.77. The van der Waals surface area contributed by atoms with Gasteiger partial charge in [-0.2, -0.15) is 0 Å². The van der Waals surface area contributed by atoms with Gasteiger partial charge in [0.15, 0.2) is 0 Å². The minimum absolute atomic E-state index is 0.0260. The third-order valence-electron chi connectivity index (χ3n) is 4.92. The van der Waals surface area contributed by atoms with Crippen molar-refractivity contribution in [3.8, 4) is 0 Å². The van der Waals surface area contributed by atoms with Gasteiger partial charge in [-0.1, -0.05) is 19.9 Å². The summed E-state index contributed by atoms with van der Waals surface area (Å²) < 4.78 is 27.4. The molecule has 1 aliphatic heterocycles. The van der Waals surface area contributed by atoms with E-state index in [4.69, 9.17) is 0 Å². The molecule has 1 aromatic carbocycles. The van der Waals surface area contributed by atoms with Crippen molar-refractivity contribution in [2.24, 2.45) is 0 Å². The molecular formula is C19H29F2N3O. The molecule has 1 amide bonds. The summed E-state index contributed by atoms with van der Waals surface area (Å²) in [7, 11) is 0. The maximum Gasteiger partial charge on any atom is 0.234 e. The lowest BCUT2D eigenvalue weighted by Gasteiger charge is -2.26. The summed E-state index contributed by atoms with van der Waals surface area (Å²) in [6.45, 7) is 10.3. The van der Waals surface area contributed by atoms with Crippen LogP contribution in [0.15, 0.2) is 18.2 Å². The van der Waals surface area contributed by atoms with E-state index in [1.807, 2.05) is 0 Å². The predicted molar refractivity (Wildman–Crippen MR) is 95.4 cm³/mol. The Morgan fingerprint density at radius 1 is 1.32 bits per heavy atom. The first-order chi connectivity index (χ1) is 11.9. The van der Waals surface area contributed by atoms with E-state index < -0.39 is 11.6 Å². The van der Waals surface area contributed by atoms with Crippen LogP contribution in [0.1, 0.15) is 32.8 Å². The van der Waals surface area contributed by atoms with Gasteiger partial charge >= 0.3 is 0 Å². The van der Waals surface area contributed by atoms with Gasteiger partial charge in [-0.3, -0.25) is 14.6 Å². The first-order valence-corrected chi connectivity index (χ1v) is 9.13. The molecule has 1 aliphatic rings. The normalized spacial score (nSPS) is 19.4. The van der Waals surface area contributed by atoms with Crippen LogP contribution in [0.25, 0.3) is 0 Å². The minimum atomic E-state index is -0.567. The number of benzene rings is 1. The highest BCUT2D eigenvalue weighted by atomic mass is 19.1. The van der Waals surface area contributed by atoms with Crippen molar-refractivity contribution in [2.75, 3.05) is 32.7 Å². The fraction of sp³-hybridized carbons (Fsp3) is 0.632. The molecule has 1 N–H and O–H groups in total. The van der Waals surface area contributed by atoms with E-state index in [1.54, 1.807) is 6.92 Å². The lowest BCUT2D eigenvalue weighted by molar-refractivity contribution is -0.122. The SMILES string of the molecule is CCN(CC)[C@H]1CCN(CC(=O)N[C@H](C)Cc2c(F)cccc2F)C1. The highest BCUT2D eigenvalue weighted by molar-refractivity contribution is 5.78. The smallest absolute Gasteiger partial charge is 0.234 e. The van der Waals surface area contributed by atoms with Crippen molar-refractivity contribution in [1.29, 1.82) is 0 Å². The first kappa shape index (κ1) is 19.8. The van der Waals surface area contributed by atoms with Crippen LogP contribution in [0.3, 0.4) is 0 Å². The zero-order chi connectivity index (χ0) is 18.4. The average Bonchev–Trinajstić information content (AvgIpc) is 3.00. The molecule has 140 valence electrons. The van der Waals surface area contributed by atoms with E-state index in [0.29, 0.717) is 12.6 Å². The third-order valence-corrected chi connectivity index (χ3v) is 4.92. The van der Waals surface area contributed by atoms with Gasteiger partial charge in [0, 0.05) is 30.7 Å². The highest BCUT2D eigenvalue weighted by Crippen LogP contribution is 2.16. The Labute approximate surface area is 149 Å². The number of nitrogens with zero attached hydrogens (tertiary/aromatic N) is 2. The molecular weight excluding hydrogens is 324 g/mol. The summed E-state index contributed by atoms with van der Waals surface area (Å²) in [6, 6.07) is 4.01. The zero-order valence-electron chi connectivity index (χ0n) is 15.4. The van der Waals surface area contributed by atoms with Crippen LogP contribution in [0, 0.1) is 11.6 Å². The Bertz CT molecular complexity index is 558. The summed E-state index contributed by atoms with van der Waals surface area (Å²) in [5, 5.41) is 2.85. The van der Waals surface area contributed by atoms with Crippen LogP contribution in [0.5, 0.6) is 0 Å². The molecule has 0 bridgehead atoms. The van der Waals surface area contributed by atoms with Crippen LogP contribution in [-0.2, 0) is 11.2 Å². The maximum absolute atomic E-state index is 13.7. The lowest BCUT2D eigenvalue weighted by atomic mass is 10.1. The van der Waals surface area contributed by atoms with Crippen molar-refractivity contribution in [3.63, 3.8) is 0 Å². The molecule has 2 rings (SSSR count). The van der Waals surface area contributed by atoms with E-state index in [9.17, 15) is 13.6 Å². The number of carbonyl (C=O) groups is 1. The van der Waals surface area contributed by atoms with Crippen LogP contribution >= 0.6 is 0 Å². The topological polar surface area (TPSA) is 35.6 Å². The summed E-state index contributed by atoms with van der Waals surface area (Å²) >= 11 is 0. The Morgan fingerprint density at radius 3 is 2.56 bits per heavy atom. The van der Waals surface area contributed by atoms with Crippen molar-refractivity contribution in [2.45, 2.75) is 45.7 Å². The zero-order valence-corrected chi connectivity index (χ0v) is 15.4. The summed E-state index contributed by atoms with van der Waals surface area (Å²) in [5.41, 5.74) is 0.0260. The summed E-state index contributed by atoms with van der Waals surface area (Å²) in [4.78, 5) is 16.8. The van der Waals surface area contributed by atoms with Crippen molar-refractivity contribution >= 4 is 5.91 Å². The molecule has 0 saturated carbocycles. The number of rotatable bonds is 8. The molecule has 0 aliphatic carbocycles. The van der Waals surface area contributed by atoms with E-state index in [0.717, 1.165) is 32.6 Å². The fourth-order valence-corrected chi connectivity index (χ4v) is 3.60. The molecule has 1 saturated heterocycles. The molecule has 6 heteroatoms. The molecule has 1 fully saturated rings. The van der Waals surface area contributed by atoms with E-state index in [1.165, 1.54) is 18.2 Å². The van der Waals surface area contributed by atoms with E-state index >= 15 is 0 Å². The van der Waals surface area contributed by atoms with Gasteiger partial charge in [0.2, 0.25) is 5.91 Å². The highest BCUT2D eigenvalue weighted by Gasteiger charge is 2.27. The van der Waals surface area contributed by atoms with Gasteiger partial charge in [-0.15, -0.1) is 0 Å². The van der Waals surface area contributed by atoms with Crippen molar-refractivity contribution < 1.29 is 13.6 Å².